The molecule has 2 heterocycles. The first-order valence-electron chi connectivity index (χ1n) is 10.7. The number of ether oxygens (including phenoxy) is 1. The van der Waals surface area contributed by atoms with Gasteiger partial charge in [-0.15, -0.1) is 0 Å². The summed E-state index contributed by atoms with van der Waals surface area (Å²) >= 11 is 0. The average molecular weight is 426 g/mol. The Morgan fingerprint density at radius 1 is 1.32 bits per heavy atom. The standard InChI is InChI=1S/C22H31N7O2/c1-31-13-17-3-2-10-28(17)27-22(30)19-12-21(14-4-6-15(23)7-5-14)29(26-19)20-9-8-16(24)11-18(20)25/h4,6-9,11,14,17,21H,2-3,5,10,12-13,23-25H2,1H3,(H,27,30)/t14?,17-,21?/m1/s1. The van der Waals surface area contributed by atoms with Gasteiger partial charge in [0.15, 0.2) is 0 Å². The number of hydrazine groups is 1. The van der Waals surface area contributed by atoms with Crippen LogP contribution in [0.3, 0.4) is 0 Å². The molecule has 166 valence electrons. The van der Waals surface area contributed by atoms with Gasteiger partial charge in [-0.1, -0.05) is 12.2 Å². The van der Waals surface area contributed by atoms with E-state index in [1.165, 1.54) is 0 Å². The van der Waals surface area contributed by atoms with Gasteiger partial charge < -0.3 is 21.9 Å². The number of nitrogens with two attached hydrogens (primary N) is 3. The highest BCUT2D eigenvalue weighted by Crippen LogP contribution is 2.36. The van der Waals surface area contributed by atoms with E-state index >= 15 is 0 Å². The number of nitrogens with zero attached hydrogens (tertiary/aromatic N) is 3. The van der Waals surface area contributed by atoms with E-state index in [0.717, 1.165) is 37.2 Å². The van der Waals surface area contributed by atoms with Crippen LogP contribution in [0.25, 0.3) is 0 Å². The van der Waals surface area contributed by atoms with E-state index in [9.17, 15) is 4.79 Å². The molecule has 1 amide bonds. The topological polar surface area (TPSA) is 135 Å². The molecule has 1 aromatic carbocycles. The Morgan fingerprint density at radius 3 is 2.87 bits per heavy atom. The zero-order valence-electron chi connectivity index (χ0n) is 17.8. The molecule has 3 aliphatic rings. The number of carbonyl (C=O) groups is 1. The summed E-state index contributed by atoms with van der Waals surface area (Å²) in [5, 5.41) is 8.54. The van der Waals surface area contributed by atoms with Crippen molar-refractivity contribution in [2.75, 3.05) is 36.7 Å². The second kappa shape index (κ2) is 8.99. The van der Waals surface area contributed by atoms with Crippen molar-refractivity contribution in [3.05, 3.63) is 42.1 Å². The first-order valence-corrected chi connectivity index (χ1v) is 10.7. The number of rotatable bonds is 6. The first-order chi connectivity index (χ1) is 15.0. The highest BCUT2D eigenvalue weighted by Gasteiger charge is 2.37. The van der Waals surface area contributed by atoms with Crippen LogP contribution in [0.2, 0.25) is 0 Å². The van der Waals surface area contributed by atoms with Crippen molar-refractivity contribution < 1.29 is 9.53 Å². The predicted octanol–water partition coefficient (Wildman–Crippen LogP) is 1.35. The Hall–Kier alpha value is -3.04. The molecule has 3 atom stereocenters. The smallest absolute Gasteiger partial charge is 0.281 e. The molecule has 0 bridgehead atoms. The molecule has 4 rings (SSSR count). The van der Waals surface area contributed by atoms with Crippen molar-refractivity contribution in [3.8, 4) is 0 Å². The molecule has 0 saturated carbocycles. The number of hydrazone groups is 1. The van der Waals surface area contributed by atoms with E-state index in [4.69, 9.17) is 27.0 Å². The number of hydrogen-bond acceptors (Lipinski definition) is 8. The summed E-state index contributed by atoms with van der Waals surface area (Å²) in [6.45, 7) is 1.39. The van der Waals surface area contributed by atoms with Crippen molar-refractivity contribution in [1.29, 1.82) is 0 Å². The van der Waals surface area contributed by atoms with Gasteiger partial charge in [0.25, 0.3) is 5.91 Å². The van der Waals surface area contributed by atoms with Crippen LogP contribution in [0.4, 0.5) is 17.1 Å². The lowest BCUT2D eigenvalue weighted by molar-refractivity contribution is -0.120. The van der Waals surface area contributed by atoms with Crippen LogP contribution >= 0.6 is 0 Å². The zero-order chi connectivity index (χ0) is 22.0. The quantitative estimate of drug-likeness (QED) is 0.505. The van der Waals surface area contributed by atoms with Crippen molar-refractivity contribution in [2.45, 2.75) is 37.8 Å². The van der Waals surface area contributed by atoms with E-state index in [2.05, 4.69) is 11.5 Å². The maximum Gasteiger partial charge on any atom is 0.281 e. The van der Waals surface area contributed by atoms with E-state index in [-0.39, 0.29) is 23.9 Å². The molecule has 1 fully saturated rings. The van der Waals surface area contributed by atoms with Crippen LogP contribution in [0, 0.1) is 5.92 Å². The molecule has 1 aromatic rings. The number of allylic oxidation sites excluding steroid dienone is 2. The largest absolute Gasteiger partial charge is 0.399 e. The Labute approximate surface area is 182 Å². The number of anilines is 3. The Balaban J connectivity index is 1.56. The lowest BCUT2D eigenvalue weighted by atomic mass is 9.88. The maximum atomic E-state index is 13.1. The Morgan fingerprint density at radius 2 is 2.16 bits per heavy atom. The molecule has 2 aliphatic heterocycles. The van der Waals surface area contributed by atoms with Crippen LogP contribution in [0.15, 0.2) is 47.2 Å². The van der Waals surface area contributed by atoms with E-state index in [1.807, 2.05) is 28.2 Å². The summed E-state index contributed by atoms with van der Waals surface area (Å²) in [6.07, 6.45) is 9.33. The van der Waals surface area contributed by atoms with Gasteiger partial charge in [0, 0.05) is 37.4 Å². The first kappa shape index (κ1) is 21.2. The minimum absolute atomic E-state index is 0.0411. The lowest BCUT2D eigenvalue weighted by Crippen LogP contribution is -2.49. The van der Waals surface area contributed by atoms with Gasteiger partial charge in [-0.25, -0.2) is 5.01 Å². The highest BCUT2D eigenvalue weighted by molar-refractivity contribution is 6.39. The van der Waals surface area contributed by atoms with Crippen molar-refractivity contribution in [2.24, 2.45) is 16.8 Å². The lowest BCUT2D eigenvalue weighted by Gasteiger charge is -2.30. The molecule has 0 spiro atoms. The van der Waals surface area contributed by atoms with Crippen molar-refractivity contribution in [1.82, 2.24) is 10.4 Å². The molecule has 0 aromatic heterocycles. The van der Waals surface area contributed by atoms with E-state index in [0.29, 0.717) is 30.1 Å². The van der Waals surface area contributed by atoms with Gasteiger partial charge in [-0.2, -0.15) is 5.10 Å². The third-order valence-electron chi connectivity index (χ3n) is 6.14. The zero-order valence-corrected chi connectivity index (χ0v) is 17.8. The molecule has 1 aliphatic carbocycles. The molecule has 9 heteroatoms. The van der Waals surface area contributed by atoms with Crippen LogP contribution < -0.4 is 27.6 Å². The van der Waals surface area contributed by atoms with Gasteiger partial charge >= 0.3 is 0 Å². The summed E-state index contributed by atoms with van der Waals surface area (Å²) in [5.74, 6) is -0.0225. The number of nitrogens with one attached hydrogen (secondary N) is 1. The number of carbonyl (C=O) groups excluding carboxylic acids is 1. The minimum Gasteiger partial charge on any atom is -0.399 e. The van der Waals surface area contributed by atoms with Crippen LogP contribution in [0.1, 0.15) is 25.7 Å². The molecule has 0 radical (unpaired) electrons. The molecule has 1 saturated heterocycles. The average Bonchev–Trinajstić information content (AvgIpc) is 3.36. The summed E-state index contributed by atoms with van der Waals surface area (Å²) in [5.41, 5.74) is 24.2. The SMILES string of the molecule is COC[C@H]1CCCN1NC(=O)C1=NN(c2ccc(N)cc2N)C(C2C=CC(N)=CC2)C1. The minimum atomic E-state index is -0.181. The van der Waals surface area contributed by atoms with Crippen LogP contribution in [-0.2, 0) is 9.53 Å². The summed E-state index contributed by atoms with van der Waals surface area (Å²) < 4.78 is 5.29. The third-order valence-corrected chi connectivity index (χ3v) is 6.14. The number of benzene rings is 1. The predicted molar refractivity (Wildman–Crippen MR) is 123 cm³/mol. The molecule has 31 heavy (non-hydrogen) atoms. The van der Waals surface area contributed by atoms with Gasteiger partial charge in [0.2, 0.25) is 0 Å². The second-order valence-electron chi connectivity index (χ2n) is 8.33. The molecular formula is C22H31N7O2. The molecule has 9 nitrogen and oxygen atoms in total. The number of amides is 1. The summed E-state index contributed by atoms with van der Waals surface area (Å²) in [7, 11) is 1.68. The Kier molecular flexibility index (Phi) is 6.15. The van der Waals surface area contributed by atoms with Gasteiger partial charge in [-0.3, -0.25) is 15.2 Å². The molecular weight excluding hydrogens is 394 g/mol. The van der Waals surface area contributed by atoms with Crippen molar-refractivity contribution in [3.63, 3.8) is 0 Å². The van der Waals surface area contributed by atoms with E-state index < -0.39 is 0 Å². The van der Waals surface area contributed by atoms with Crippen molar-refractivity contribution >= 4 is 28.7 Å². The number of methoxy groups -OCH3 is 1. The monoisotopic (exact) mass is 425 g/mol. The number of hydrogen-bond donors (Lipinski definition) is 4. The summed E-state index contributed by atoms with van der Waals surface area (Å²) in [6, 6.07) is 5.51. The van der Waals surface area contributed by atoms with Crippen LogP contribution in [0.5, 0.6) is 0 Å². The van der Waals surface area contributed by atoms with Gasteiger partial charge in [0.05, 0.1) is 30.1 Å². The molecule has 7 N–H and O–H groups in total. The fourth-order valence-corrected chi connectivity index (χ4v) is 4.50. The second-order valence-corrected chi connectivity index (χ2v) is 8.33. The maximum absolute atomic E-state index is 13.1. The fraction of sp³-hybridized carbons (Fsp3) is 0.455. The summed E-state index contributed by atoms with van der Waals surface area (Å²) in [4.78, 5) is 13.1. The normalized spacial score (nSPS) is 26.1. The highest BCUT2D eigenvalue weighted by atomic mass is 16.5. The molecule has 2 unspecified atom stereocenters. The third kappa shape index (κ3) is 4.52. The van der Waals surface area contributed by atoms with Gasteiger partial charge in [-0.05, 0) is 43.5 Å². The number of nitrogen functional groups attached to an aromatic ring is 2. The Bertz CT molecular complexity index is 926. The van der Waals surface area contributed by atoms with E-state index in [1.54, 1.807) is 19.2 Å². The fourth-order valence-electron chi connectivity index (χ4n) is 4.50. The van der Waals surface area contributed by atoms with Crippen LogP contribution in [-0.4, -0.2) is 49.0 Å². The van der Waals surface area contributed by atoms with Gasteiger partial charge in [0.1, 0.15) is 5.71 Å².